The van der Waals surface area contributed by atoms with Gasteiger partial charge >= 0.3 is 0 Å². The zero-order valence-electron chi connectivity index (χ0n) is 11.0. The van der Waals surface area contributed by atoms with Crippen LogP contribution in [0.4, 0.5) is 5.82 Å². The molecule has 3 heterocycles. The molecule has 0 atom stereocenters. The van der Waals surface area contributed by atoms with Crippen LogP contribution in [-0.2, 0) is 12.8 Å². The fourth-order valence-electron chi connectivity index (χ4n) is 3.25. The highest BCUT2D eigenvalue weighted by molar-refractivity contribution is 5.55. The molecule has 4 rings (SSSR count). The van der Waals surface area contributed by atoms with Crippen molar-refractivity contribution in [2.75, 3.05) is 31.1 Å². The summed E-state index contributed by atoms with van der Waals surface area (Å²) in [5.41, 5.74) is 2.66. The number of nitrogens with zero attached hydrogens (tertiary/aromatic N) is 5. The SMILES string of the molecule is c1nc2nc3c(c(N4CC[NH2+]CC4)n2n1)CCCC3. The van der Waals surface area contributed by atoms with Crippen molar-refractivity contribution >= 4 is 11.6 Å². The predicted octanol–water partition coefficient (Wildman–Crippen LogP) is -0.614. The molecule has 2 aliphatic rings. The summed E-state index contributed by atoms with van der Waals surface area (Å²) in [4.78, 5) is 11.4. The maximum Gasteiger partial charge on any atom is 0.254 e. The Bertz CT molecular complexity index is 598. The zero-order valence-corrected chi connectivity index (χ0v) is 11.0. The molecular formula is C13H19N6+. The fraction of sp³-hybridized carbons (Fsp3) is 0.615. The largest absolute Gasteiger partial charge is 0.345 e. The van der Waals surface area contributed by atoms with Gasteiger partial charge in [-0.1, -0.05) is 0 Å². The monoisotopic (exact) mass is 259 g/mol. The third kappa shape index (κ3) is 1.78. The number of nitrogens with two attached hydrogens (primary N) is 1. The Kier molecular flexibility index (Phi) is 2.61. The Labute approximate surface area is 111 Å². The lowest BCUT2D eigenvalue weighted by molar-refractivity contribution is -0.655. The van der Waals surface area contributed by atoms with Gasteiger partial charge in [0.1, 0.15) is 12.1 Å². The van der Waals surface area contributed by atoms with E-state index in [4.69, 9.17) is 0 Å². The molecular weight excluding hydrogens is 240 g/mol. The highest BCUT2D eigenvalue weighted by atomic mass is 15.4. The van der Waals surface area contributed by atoms with Gasteiger partial charge in [0.15, 0.2) is 0 Å². The van der Waals surface area contributed by atoms with Gasteiger partial charge in [-0.2, -0.15) is 14.6 Å². The average molecular weight is 259 g/mol. The number of anilines is 1. The maximum absolute atomic E-state index is 4.69. The molecule has 0 amide bonds. The number of aryl methyl sites for hydroxylation is 1. The fourth-order valence-corrected chi connectivity index (χ4v) is 3.25. The number of rotatable bonds is 1. The molecule has 1 fully saturated rings. The smallest absolute Gasteiger partial charge is 0.254 e. The van der Waals surface area contributed by atoms with Gasteiger partial charge < -0.3 is 10.2 Å². The van der Waals surface area contributed by atoms with E-state index >= 15 is 0 Å². The van der Waals surface area contributed by atoms with Crippen molar-refractivity contribution in [3.63, 3.8) is 0 Å². The molecule has 6 heteroatoms. The Hall–Kier alpha value is -1.69. The second-order valence-electron chi connectivity index (χ2n) is 5.39. The Balaban J connectivity index is 1.91. The number of fused-ring (bicyclic) bond motifs is 2. The Morgan fingerprint density at radius 2 is 1.95 bits per heavy atom. The first-order valence-corrected chi connectivity index (χ1v) is 7.21. The van der Waals surface area contributed by atoms with Gasteiger partial charge in [-0.05, 0) is 25.7 Å². The summed E-state index contributed by atoms with van der Waals surface area (Å²) in [6.07, 6.45) is 6.35. The van der Waals surface area contributed by atoms with E-state index < -0.39 is 0 Å². The van der Waals surface area contributed by atoms with E-state index in [9.17, 15) is 0 Å². The van der Waals surface area contributed by atoms with Crippen LogP contribution < -0.4 is 10.2 Å². The molecule has 2 N–H and O–H groups in total. The summed E-state index contributed by atoms with van der Waals surface area (Å²) >= 11 is 0. The minimum absolute atomic E-state index is 0.755. The summed E-state index contributed by atoms with van der Waals surface area (Å²) in [6, 6.07) is 0. The number of hydrogen-bond donors (Lipinski definition) is 1. The average Bonchev–Trinajstić information content (AvgIpc) is 2.93. The van der Waals surface area contributed by atoms with Crippen LogP contribution in [0.3, 0.4) is 0 Å². The third-order valence-electron chi connectivity index (χ3n) is 4.18. The number of quaternary nitrogens is 1. The molecule has 2 aromatic heterocycles. The summed E-state index contributed by atoms with van der Waals surface area (Å²) in [7, 11) is 0. The van der Waals surface area contributed by atoms with Crippen LogP contribution in [-0.4, -0.2) is 45.8 Å². The molecule has 0 aromatic carbocycles. The third-order valence-corrected chi connectivity index (χ3v) is 4.18. The molecule has 1 saturated heterocycles. The number of aromatic nitrogens is 4. The van der Waals surface area contributed by atoms with Crippen molar-refractivity contribution in [3.8, 4) is 0 Å². The lowest BCUT2D eigenvalue weighted by Crippen LogP contribution is -2.89. The van der Waals surface area contributed by atoms with Crippen molar-refractivity contribution in [1.29, 1.82) is 0 Å². The predicted molar refractivity (Wildman–Crippen MR) is 71.3 cm³/mol. The van der Waals surface area contributed by atoms with E-state index in [0.29, 0.717) is 0 Å². The van der Waals surface area contributed by atoms with Crippen LogP contribution in [0, 0.1) is 0 Å². The van der Waals surface area contributed by atoms with Crippen molar-refractivity contribution in [2.45, 2.75) is 25.7 Å². The molecule has 0 bridgehead atoms. The molecule has 100 valence electrons. The van der Waals surface area contributed by atoms with Gasteiger partial charge in [-0.15, -0.1) is 0 Å². The highest BCUT2D eigenvalue weighted by Crippen LogP contribution is 2.29. The van der Waals surface area contributed by atoms with Gasteiger partial charge in [-0.25, -0.2) is 4.98 Å². The Morgan fingerprint density at radius 1 is 1.11 bits per heavy atom. The van der Waals surface area contributed by atoms with Gasteiger partial charge in [0.2, 0.25) is 0 Å². The lowest BCUT2D eigenvalue weighted by Gasteiger charge is -2.30. The summed E-state index contributed by atoms with van der Waals surface area (Å²) in [5, 5.41) is 6.77. The van der Waals surface area contributed by atoms with Crippen molar-refractivity contribution in [3.05, 3.63) is 17.6 Å². The highest BCUT2D eigenvalue weighted by Gasteiger charge is 2.25. The normalized spacial score (nSPS) is 19.7. The van der Waals surface area contributed by atoms with Crippen LogP contribution in [0.25, 0.3) is 5.78 Å². The van der Waals surface area contributed by atoms with E-state index in [1.165, 1.54) is 29.9 Å². The topological polar surface area (TPSA) is 62.9 Å². The summed E-state index contributed by atoms with van der Waals surface area (Å²) < 4.78 is 1.94. The molecule has 1 aliphatic carbocycles. The first kappa shape index (κ1) is 11.2. The molecule has 0 radical (unpaired) electrons. The second kappa shape index (κ2) is 4.45. The first-order chi connectivity index (χ1) is 9.43. The van der Waals surface area contributed by atoms with Crippen LogP contribution in [0.5, 0.6) is 0 Å². The van der Waals surface area contributed by atoms with Crippen LogP contribution in [0.15, 0.2) is 6.33 Å². The standard InChI is InChI=1S/C13H18N6/c1-2-4-11-10(3-1)12(18-7-5-14-6-8-18)19-13(17-11)15-9-16-19/h9,14H,1-8H2/p+1. The molecule has 0 unspecified atom stereocenters. The molecule has 19 heavy (non-hydrogen) atoms. The van der Waals surface area contributed by atoms with Crippen LogP contribution >= 0.6 is 0 Å². The van der Waals surface area contributed by atoms with E-state index in [1.807, 2.05) is 4.52 Å². The van der Waals surface area contributed by atoms with Gasteiger partial charge in [0, 0.05) is 5.56 Å². The van der Waals surface area contributed by atoms with E-state index in [1.54, 1.807) is 6.33 Å². The minimum atomic E-state index is 0.755. The lowest BCUT2D eigenvalue weighted by atomic mass is 9.96. The van der Waals surface area contributed by atoms with Crippen molar-refractivity contribution in [2.24, 2.45) is 0 Å². The summed E-state index contributed by atoms with van der Waals surface area (Å²) in [6.45, 7) is 4.50. The quantitative estimate of drug-likeness (QED) is 0.742. The van der Waals surface area contributed by atoms with Crippen LogP contribution in [0.1, 0.15) is 24.1 Å². The molecule has 6 nitrogen and oxygen atoms in total. The number of hydrogen-bond acceptors (Lipinski definition) is 4. The van der Waals surface area contributed by atoms with Crippen LogP contribution in [0.2, 0.25) is 0 Å². The molecule has 0 spiro atoms. The van der Waals surface area contributed by atoms with Gasteiger partial charge in [-0.3, -0.25) is 0 Å². The maximum atomic E-state index is 4.69. The Morgan fingerprint density at radius 3 is 2.84 bits per heavy atom. The van der Waals surface area contributed by atoms with Gasteiger partial charge in [0.25, 0.3) is 5.78 Å². The van der Waals surface area contributed by atoms with Gasteiger partial charge in [0.05, 0.1) is 31.9 Å². The summed E-state index contributed by atoms with van der Waals surface area (Å²) in [5.74, 6) is 2.01. The minimum Gasteiger partial charge on any atom is -0.345 e. The van der Waals surface area contributed by atoms with Crippen molar-refractivity contribution < 1.29 is 5.32 Å². The molecule has 0 saturated carbocycles. The first-order valence-electron chi connectivity index (χ1n) is 7.21. The second-order valence-corrected chi connectivity index (χ2v) is 5.39. The molecule has 2 aromatic rings. The zero-order chi connectivity index (χ0) is 12.7. The van der Waals surface area contributed by atoms with E-state index in [2.05, 4.69) is 25.3 Å². The van der Waals surface area contributed by atoms with E-state index in [0.717, 1.165) is 44.8 Å². The van der Waals surface area contributed by atoms with Crippen molar-refractivity contribution in [1.82, 2.24) is 19.6 Å². The van der Waals surface area contributed by atoms with E-state index in [-0.39, 0.29) is 0 Å². The number of piperazine rings is 1. The molecule has 1 aliphatic heterocycles.